The van der Waals surface area contributed by atoms with Crippen LogP contribution in [0.5, 0.6) is 11.5 Å². The summed E-state index contributed by atoms with van der Waals surface area (Å²) in [5.74, 6) is -2.45. The van der Waals surface area contributed by atoms with Crippen molar-refractivity contribution in [2.24, 2.45) is 11.7 Å². The van der Waals surface area contributed by atoms with Crippen LogP contribution in [-0.4, -0.2) is 37.6 Å². The average Bonchev–Trinajstić information content (AvgIpc) is 2.53. The molecule has 0 fully saturated rings. The number of ether oxygens (including phenoxy) is 2. The zero-order valence-electron chi connectivity index (χ0n) is 14.0. The van der Waals surface area contributed by atoms with Gasteiger partial charge in [-0.25, -0.2) is 0 Å². The SMILES string of the molecule is CC(C)[C@H](N)C(=O)NCC(=O)Nc1ccc(OC(F)F)cc1OC(F)F. The van der Waals surface area contributed by atoms with E-state index in [0.717, 1.165) is 18.2 Å². The molecule has 0 aliphatic heterocycles. The lowest BCUT2D eigenvalue weighted by Crippen LogP contribution is -2.46. The summed E-state index contributed by atoms with van der Waals surface area (Å²) in [5.41, 5.74) is 5.40. The number of hydrogen-bond donors (Lipinski definition) is 3. The molecule has 11 heteroatoms. The Hall–Kier alpha value is -2.56. The molecule has 1 aromatic rings. The first-order chi connectivity index (χ1) is 12.1. The van der Waals surface area contributed by atoms with Gasteiger partial charge in [-0.2, -0.15) is 17.6 Å². The van der Waals surface area contributed by atoms with Gasteiger partial charge in [0.15, 0.2) is 5.75 Å². The number of amides is 2. The maximum atomic E-state index is 12.5. The zero-order chi connectivity index (χ0) is 19.9. The highest BCUT2D eigenvalue weighted by molar-refractivity contribution is 5.96. The lowest BCUT2D eigenvalue weighted by molar-refractivity contribution is -0.125. The Balaban J connectivity index is 2.77. The fraction of sp³-hybridized carbons (Fsp3) is 0.467. The zero-order valence-corrected chi connectivity index (χ0v) is 14.0. The first kappa shape index (κ1) is 21.5. The molecule has 0 spiro atoms. The average molecular weight is 381 g/mol. The molecule has 1 rings (SSSR count). The smallest absolute Gasteiger partial charge is 0.387 e. The maximum absolute atomic E-state index is 12.5. The van der Waals surface area contributed by atoms with Crippen LogP contribution in [0.3, 0.4) is 0 Å². The topological polar surface area (TPSA) is 103 Å². The molecule has 146 valence electrons. The molecule has 2 amide bonds. The fourth-order valence-corrected chi connectivity index (χ4v) is 1.76. The van der Waals surface area contributed by atoms with Crippen LogP contribution in [0.4, 0.5) is 23.2 Å². The Kier molecular flexibility index (Phi) is 8.10. The molecule has 0 aliphatic rings. The van der Waals surface area contributed by atoms with E-state index in [4.69, 9.17) is 5.73 Å². The summed E-state index contributed by atoms with van der Waals surface area (Å²) >= 11 is 0. The highest BCUT2D eigenvalue weighted by Crippen LogP contribution is 2.31. The Morgan fingerprint density at radius 3 is 2.27 bits per heavy atom. The van der Waals surface area contributed by atoms with Crippen molar-refractivity contribution in [3.63, 3.8) is 0 Å². The molecule has 0 aromatic heterocycles. The van der Waals surface area contributed by atoms with Gasteiger partial charge in [-0.15, -0.1) is 0 Å². The number of hydrogen-bond acceptors (Lipinski definition) is 5. The largest absolute Gasteiger partial charge is 0.435 e. The van der Waals surface area contributed by atoms with Crippen molar-refractivity contribution in [2.75, 3.05) is 11.9 Å². The normalized spacial score (nSPS) is 12.2. The van der Waals surface area contributed by atoms with Crippen LogP contribution in [-0.2, 0) is 9.59 Å². The van der Waals surface area contributed by atoms with Crippen molar-refractivity contribution < 1.29 is 36.6 Å². The van der Waals surface area contributed by atoms with E-state index in [-0.39, 0.29) is 11.6 Å². The second-order valence-corrected chi connectivity index (χ2v) is 5.45. The number of benzene rings is 1. The van der Waals surface area contributed by atoms with Gasteiger partial charge in [-0.05, 0) is 18.1 Å². The summed E-state index contributed by atoms with van der Waals surface area (Å²) in [7, 11) is 0. The van der Waals surface area contributed by atoms with Gasteiger partial charge in [0.25, 0.3) is 0 Å². The molecule has 4 N–H and O–H groups in total. The van der Waals surface area contributed by atoms with E-state index in [0.29, 0.717) is 0 Å². The number of carbonyl (C=O) groups is 2. The third-order valence-electron chi connectivity index (χ3n) is 3.11. The number of rotatable bonds is 9. The Bertz CT molecular complexity index is 629. The molecule has 0 aliphatic carbocycles. The number of nitrogens with one attached hydrogen (secondary N) is 2. The van der Waals surface area contributed by atoms with E-state index >= 15 is 0 Å². The van der Waals surface area contributed by atoms with Gasteiger partial charge in [-0.1, -0.05) is 13.8 Å². The van der Waals surface area contributed by atoms with E-state index in [1.807, 2.05) is 0 Å². The second-order valence-electron chi connectivity index (χ2n) is 5.45. The summed E-state index contributed by atoms with van der Waals surface area (Å²) in [6.45, 7) is -3.43. The molecule has 0 saturated heterocycles. The van der Waals surface area contributed by atoms with Crippen molar-refractivity contribution in [1.29, 1.82) is 0 Å². The summed E-state index contributed by atoms with van der Waals surface area (Å²) in [6.07, 6.45) is 0. The maximum Gasteiger partial charge on any atom is 0.387 e. The summed E-state index contributed by atoms with van der Waals surface area (Å²) in [4.78, 5) is 23.5. The van der Waals surface area contributed by atoms with E-state index < -0.39 is 49.1 Å². The van der Waals surface area contributed by atoms with Gasteiger partial charge in [0, 0.05) is 6.07 Å². The van der Waals surface area contributed by atoms with Gasteiger partial charge >= 0.3 is 13.2 Å². The first-order valence-corrected chi connectivity index (χ1v) is 7.47. The highest BCUT2D eigenvalue weighted by Gasteiger charge is 2.19. The van der Waals surface area contributed by atoms with Crippen LogP contribution in [0.15, 0.2) is 18.2 Å². The molecule has 0 bridgehead atoms. The van der Waals surface area contributed by atoms with Crippen molar-refractivity contribution in [3.8, 4) is 11.5 Å². The molecule has 26 heavy (non-hydrogen) atoms. The van der Waals surface area contributed by atoms with Gasteiger partial charge in [-0.3, -0.25) is 9.59 Å². The lowest BCUT2D eigenvalue weighted by Gasteiger charge is -2.16. The standard InChI is InChI=1S/C15H19F4N3O4/c1-7(2)12(20)13(24)21-6-11(23)22-9-4-3-8(25-14(16)17)5-10(9)26-15(18)19/h3-5,7,12,14-15H,6,20H2,1-2H3,(H,21,24)(H,22,23)/t12-/m0/s1. The molecular formula is C15H19F4N3O4. The van der Waals surface area contributed by atoms with Gasteiger partial charge in [0.05, 0.1) is 18.3 Å². The molecule has 1 aromatic carbocycles. The summed E-state index contributed by atoms with van der Waals surface area (Å²) in [5, 5.41) is 4.52. The number of alkyl halides is 4. The molecular weight excluding hydrogens is 362 g/mol. The van der Waals surface area contributed by atoms with Crippen LogP contribution in [0, 0.1) is 5.92 Å². The molecule has 0 saturated carbocycles. The van der Waals surface area contributed by atoms with E-state index in [2.05, 4.69) is 20.1 Å². The van der Waals surface area contributed by atoms with Crippen molar-refractivity contribution in [3.05, 3.63) is 18.2 Å². The lowest BCUT2D eigenvalue weighted by atomic mass is 10.1. The highest BCUT2D eigenvalue weighted by atomic mass is 19.3. The van der Waals surface area contributed by atoms with E-state index in [1.54, 1.807) is 13.8 Å². The second kappa shape index (κ2) is 9.80. The molecule has 0 radical (unpaired) electrons. The van der Waals surface area contributed by atoms with Crippen molar-refractivity contribution in [2.45, 2.75) is 33.1 Å². The van der Waals surface area contributed by atoms with Gasteiger partial charge in [0.2, 0.25) is 11.8 Å². The quantitative estimate of drug-likeness (QED) is 0.567. The van der Waals surface area contributed by atoms with Gasteiger partial charge in [0.1, 0.15) is 5.75 Å². The van der Waals surface area contributed by atoms with Crippen molar-refractivity contribution >= 4 is 17.5 Å². The minimum Gasteiger partial charge on any atom is -0.435 e. The molecule has 0 unspecified atom stereocenters. The van der Waals surface area contributed by atoms with Crippen LogP contribution in [0.1, 0.15) is 13.8 Å². The monoisotopic (exact) mass is 381 g/mol. The third-order valence-corrected chi connectivity index (χ3v) is 3.11. The summed E-state index contributed by atoms with van der Waals surface area (Å²) in [6, 6.07) is 2.05. The van der Waals surface area contributed by atoms with Crippen LogP contribution in [0.25, 0.3) is 0 Å². The molecule has 7 nitrogen and oxygen atoms in total. The molecule has 1 atom stereocenters. The number of anilines is 1. The summed E-state index contributed by atoms with van der Waals surface area (Å²) < 4.78 is 57.6. The Morgan fingerprint density at radius 2 is 1.73 bits per heavy atom. The van der Waals surface area contributed by atoms with Crippen LogP contribution >= 0.6 is 0 Å². The van der Waals surface area contributed by atoms with Crippen molar-refractivity contribution in [1.82, 2.24) is 5.32 Å². The Morgan fingerprint density at radius 1 is 1.12 bits per heavy atom. The van der Waals surface area contributed by atoms with Crippen LogP contribution < -0.4 is 25.8 Å². The third kappa shape index (κ3) is 7.13. The number of halogens is 4. The first-order valence-electron chi connectivity index (χ1n) is 7.47. The fourth-order valence-electron chi connectivity index (χ4n) is 1.76. The van der Waals surface area contributed by atoms with Crippen LogP contribution in [0.2, 0.25) is 0 Å². The predicted octanol–water partition coefficient (Wildman–Crippen LogP) is 1.93. The predicted molar refractivity (Wildman–Crippen MR) is 84.2 cm³/mol. The molecule has 0 heterocycles. The minimum absolute atomic E-state index is 0.147. The van der Waals surface area contributed by atoms with Gasteiger partial charge < -0.3 is 25.8 Å². The minimum atomic E-state index is -3.25. The number of nitrogens with two attached hydrogens (primary N) is 1. The Labute approximate surface area is 146 Å². The number of carbonyl (C=O) groups excluding carboxylic acids is 2. The van der Waals surface area contributed by atoms with E-state index in [1.165, 1.54) is 0 Å². The van der Waals surface area contributed by atoms with E-state index in [9.17, 15) is 27.2 Å².